The summed E-state index contributed by atoms with van der Waals surface area (Å²) in [4.78, 5) is 23.3. The Labute approximate surface area is 131 Å². The van der Waals surface area contributed by atoms with Crippen LogP contribution in [0.4, 0.5) is 0 Å². The standard InChI is InChI=1S/C17H23N3O2/c1-17(2,3)16(22)19-10-4-5-15(21)20-12-14-8-6-13(11-18)7-9-14/h6-9H,4-5,10,12H2,1-3H3,(H,19,22)(H,20,21). The third-order valence-electron chi connectivity index (χ3n) is 3.12. The molecule has 2 amide bonds. The number of carbonyl (C=O) groups excluding carboxylic acids is 2. The van der Waals surface area contributed by atoms with Crippen molar-refractivity contribution in [3.63, 3.8) is 0 Å². The average molecular weight is 301 g/mol. The highest BCUT2D eigenvalue weighted by Gasteiger charge is 2.20. The highest BCUT2D eigenvalue weighted by atomic mass is 16.2. The van der Waals surface area contributed by atoms with Crippen LogP contribution in [0.1, 0.15) is 44.7 Å². The third kappa shape index (κ3) is 6.40. The van der Waals surface area contributed by atoms with Crippen molar-refractivity contribution in [3.8, 4) is 6.07 Å². The number of nitrogens with zero attached hydrogens (tertiary/aromatic N) is 1. The molecule has 0 atom stereocenters. The predicted octanol–water partition coefficient (Wildman–Crippen LogP) is 2.12. The van der Waals surface area contributed by atoms with Gasteiger partial charge in [-0.05, 0) is 24.1 Å². The van der Waals surface area contributed by atoms with Crippen molar-refractivity contribution in [1.29, 1.82) is 5.26 Å². The highest BCUT2D eigenvalue weighted by Crippen LogP contribution is 2.12. The molecule has 1 aromatic rings. The van der Waals surface area contributed by atoms with Gasteiger partial charge < -0.3 is 10.6 Å². The van der Waals surface area contributed by atoms with E-state index in [2.05, 4.69) is 16.7 Å². The van der Waals surface area contributed by atoms with Gasteiger partial charge in [-0.1, -0.05) is 32.9 Å². The molecule has 2 N–H and O–H groups in total. The topological polar surface area (TPSA) is 82.0 Å². The van der Waals surface area contributed by atoms with E-state index in [1.807, 2.05) is 32.9 Å². The molecule has 0 fully saturated rings. The molecule has 0 radical (unpaired) electrons. The van der Waals surface area contributed by atoms with Gasteiger partial charge in [-0.3, -0.25) is 9.59 Å². The zero-order valence-corrected chi connectivity index (χ0v) is 13.4. The van der Waals surface area contributed by atoms with Crippen LogP contribution in [0.15, 0.2) is 24.3 Å². The predicted molar refractivity (Wildman–Crippen MR) is 84.7 cm³/mol. The second-order valence-corrected chi connectivity index (χ2v) is 6.19. The van der Waals surface area contributed by atoms with Crippen LogP contribution in [-0.4, -0.2) is 18.4 Å². The summed E-state index contributed by atoms with van der Waals surface area (Å²) < 4.78 is 0. The summed E-state index contributed by atoms with van der Waals surface area (Å²) in [5.41, 5.74) is 1.15. The Bertz CT molecular complexity index is 551. The summed E-state index contributed by atoms with van der Waals surface area (Å²) in [6.45, 7) is 6.51. The van der Waals surface area contributed by atoms with E-state index in [1.54, 1.807) is 12.1 Å². The molecule has 1 rings (SSSR count). The lowest BCUT2D eigenvalue weighted by atomic mass is 9.96. The van der Waals surface area contributed by atoms with E-state index in [0.29, 0.717) is 31.5 Å². The van der Waals surface area contributed by atoms with E-state index in [0.717, 1.165) is 5.56 Å². The number of nitriles is 1. The summed E-state index contributed by atoms with van der Waals surface area (Å²) in [7, 11) is 0. The molecule has 0 aliphatic heterocycles. The van der Waals surface area contributed by atoms with Crippen LogP contribution in [0, 0.1) is 16.7 Å². The van der Waals surface area contributed by atoms with Gasteiger partial charge in [-0.25, -0.2) is 0 Å². The van der Waals surface area contributed by atoms with E-state index in [4.69, 9.17) is 5.26 Å². The first-order valence-corrected chi connectivity index (χ1v) is 7.37. The molecule has 118 valence electrons. The minimum atomic E-state index is -0.405. The van der Waals surface area contributed by atoms with Crippen LogP contribution in [0.3, 0.4) is 0 Å². The Morgan fingerprint density at radius 3 is 2.32 bits per heavy atom. The lowest BCUT2D eigenvalue weighted by Crippen LogP contribution is -2.35. The number of hydrogen-bond donors (Lipinski definition) is 2. The van der Waals surface area contributed by atoms with Crippen LogP contribution in [-0.2, 0) is 16.1 Å². The van der Waals surface area contributed by atoms with Gasteiger partial charge in [0.2, 0.25) is 11.8 Å². The van der Waals surface area contributed by atoms with Crippen molar-refractivity contribution in [2.45, 2.75) is 40.2 Å². The van der Waals surface area contributed by atoms with Crippen LogP contribution >= 0.6 is 0 Å². The van der Waals surface area contributed by atoms with Gasteiger partial charge in [0.1, 0.15) is 0 Å². The Hall–Kier alpha value is -2.35. The van der Waals surface area contributed by atoms with Crippen LogP contribution < -0.4 is 10.6 Å². The Balaban J connectivity index is 2.21. The summed E-state index contributed by atoms with van der Waals surface area (Å²) in [6.07, 6.45) is 0.988. The van der Waals surface area contributed by atoms with Gasteiger partial charge in [0.25, 0.3) is 0 Å². The number of rotatable bonds is 6. The van der Waals surface area contributed by atoms with Gasteiger partial charge in [-0.15, -0.1) is 0 Å². The minimum absolute atomic E-state index is 0.00880. The molecular weight excluding hydrogens is 278 g/mol. The van der Waals surface area contributed by atoms with Gasteiger partial charge in [0.05, 0.1) is 11.6 Å². The first-order chi connectivity index (χ1) is 10.3. The average Bonchev–Trinajstić information content (AvgIpc) is 2.48. The Kier molecular flexibility index (Phi) is 6.58. The zero-order chi connectivity index (χ0) is 16.6. The number of nitrogens with one attached hydrogen (secondary N) is 2. The maximum atomic E-state index is 11.7. The van der Waals surface area contributed by atoms with Crippen molar-refractivity contribution >= 4 is 11.8 Å². The monoisotopic (exact) mass is 301 g/mol. The van der Waals surface area contributed by atoms with E-state index < -0.39 is 5.41 Å². The van der Waals surface area contributed by atoms with Crippen molar-refractivity contribution in [2.24, 2.45) is 5.41 Å². The smallest absolute Gasteiger partial charge is 0.225 e. The molecule has 5 heteroatoms. The minimum Gasteiger partial charge on any atom is -0.356 e. The number of carbonyl (C=O) groups is 2. The molecular formula is C17H23N3O2. The fourth-order valence-electron chi connectivity index (χ4n) is 1.70. The maximum absolute atomic E-state index is 11.7. The first-order valence-electron chi connectivity index (χ1n) is 7.37. The van der Waals surface area contributed by atoms with E-state index in [-0.39, 0.29) is 11.8 Å². The molecule has 5 nitrogen and oxygen atoms in total. The fourth-order valence-corrected chi connectivity index (χ4v) is 1.70. The lowest BCUT2D eigenvalue weighted by molar-refractivity contribution is -0.128. The molecule has 0 aromatic heterocycles. The number of benzene rings is 1. The second kappa shape index (κ2) is 8.18. The molecule has 0 aliphatic carbocycles. The van der Waals surface area contributed by atoms with Crippen molar-refractivity contribution in [3.05, 3.63) is 35.4 Å². The molecule has 0 heterocycles. The zero-order valence-electron chi connectivity index (χ0n) is 13.4. The van der Waals surface area contributed by atoms with Crippen LogP contribution in [0.5, 0.6) is 0 Å². The largest absolute Gasteiger partial charge is 0.356 e. The molecule has 0 saturated heterocycles. The van der Waals surface area contributed by atoms with E-state index in [1.165, 1.54) is 0 Å². The normalized spacial score (nSPS) is 10.6. The third-order valence-corrected chi connectivity index (χ3v) is 3.12. The highest BCUT2D eigenvalue weighted by molar-refractivity contribution is 5.81. The van der Waals surface area contributed by atoms with Crippen LogP contribution in [0.2, 0.25) is 0 Å². The molecule has 22 heavy (non-hydrogen) atoms. The van der Waals surface area contributed by atoms with E-state index in [9.17, 15) is 9.59 Å². The summed E-state index contributed by atoms with van der Waals surface area (Å²) in [6, 6.07) is 9.15. The Morgan fingerprint density at radius 2 is 1.77 bits per heavy atom. The van der Waals surface area contributed by atoms with Gasteiger partial charge in [-0.2, -0.15) is 5.26 Å². The fraction of sp³-hybridized carbons (Fsp3) is 0.471. The number of hydrogen-bond acceptors (Lipinski definition) is 3. The van der Waals surface area contributed by atoms with Gasteiger partial charge >= 0.3 is 0 Å². The molecule has 0 bridgehead atoms. The summed E-state index contributed by atoms with van der Waals surface area (Å²) in [5.74, 6) is -0.0557. The maximum Gasteiger partial charge on any atom is 0.225 e. The summed E-state index contributed by atoms with van der Waals surface area (Å²) in [5, 5.41) is 14.3. The molecule has 0 spiro atoms. The second-order valence-electron chi connectivity index (χ2n) is 6.19. The lowest BCUT2D eigenvalue weighted by Gasteiger charge is -2.17. The Morgan fingerprint density at radius 1 is 1.14 bits per heavy atom. The first kappa shape index (κ1) is 17.7. The van der Waals surface area contributed by atoms with E-state index >= 15 is 0 Å². The van der Waals surface area contributed by atoms with Crippen molar-refractivity contribution in [2.75, 3.05) is 6.54 Å². The van der Waals surface area contributed by atoms with Crippen molar-refractivity contribution < 1.29 is 9.59 Å². The van der Waals surface area contributed by atoms with Crippen molar-refractivity contribution in [1.82, 2.24) is 10.6 Å². The SMILES string of the molecule is CC(C)(C)C(=O)NCCCC(=O)NCc1ccc(C#N)cc1. The van der Waals surface area contributed by atoms with Gasteiger partial charge in [0, 0.05) is 24.9 Å². The molecule has 0 aliphatic rings. The summed E-state index contributed by atoms with van der Waals surface area (Å²) >= 11 is 0. The number of amides is 2. The molecule has 1 aromatic carbocycles. The molecule has 0 unspecified atom stereocenters. The quantitative estimate of drug-likeness (QED) is 0.790. The van der Waals surface area contributed by atoms with Gasteiger partial charge in [0.15, 0.2) is 0 Å². The molecule has 0 saturated carbocycles. The van der Waals surface area contributed by atoms with Crippen LogP contribution in [0.25, 0.3) is 0 Å².